The number of fused-ring (bicyclic) bond motifs is 3. The van der Waals surface area contributed by atoms with E-state index >= 15 is 0 Å². The number of nitrogens with one attached hydrogen (secondary N) is 3. The third kappa shape index (κ3) is 4.73. The molecule has 0 bridgehead atoms. The van der Waals surface area contributed by atoms with Gasteiger partial charge >= 0.3 is 0 Å². The van der Waals surface area contributed by atoms with Crippen molar-refractivity contribution in [3.05, 3.63) is 28.8 Å². The number of benzene rings is 1. The van der Waals surface area contributed by atoms with E-state index in [0.29, 0.717) is 34.5 Å². The molecule has 1 saturated carbocycles. The van der Waals surface area contributed by atoms with Crippen molar-refractivity contribution in [1.82, 2.24) is 20.9 Å². The van der Waals surface area contributed by atoms with Gasteiger partial charge in [-0.3, -0.25) is 14.5 Å². The summed E-state index contributed by atoms with van der Waals surface area (Å²) in [6.07, 6.45) is 5.75. The van der Waals surface area contributed by atoms with E-state index in [1.807, 2.05) is 18.2 Å². The number of hydrogen-bond donors (Lipinski definition) is 3. The molecule has 0 aromatic heterocycles. The Bertz CT molecular complexity index is 888. The first kappa shape index (κ1) is 22.9. The summed E-state index contributed by atoms with van der Waals surface area (Å²) in [5, 5.41) is 10.2. The van der Waals surface area contributed by atoms with Crippen molar-refractivity contribution < 1.29 is 9.59 Å². The molecule has 33 heavy (non-hydrogen) atoms. The van der Waals surface area contributed by atoms with Crippen molar-refractivity contribution in [2.75, 3.05) is 51.2 Å². The molecule has 5 rings (SSSR count). The number of anilines is 1. The summed E-state index contributed by atoms with van der Waals surface area (Å²) >= 11 is 6.36. The van der Waals surface area contributed by atoms with E-state index in [1.54, 1.807) is 7.05 Å². The predicted molar refractivity (Wildman–Crippen MR) is 131 cm³/mol. The highest BCUT2D eigenvalue weighted by atomic mass is 35.5. The van der Waals surface area contributed by atoms with Crippen LogP contribution in [0, 0.1) is 17.8 Å². The highest BCUT2D eigenvalue weighted by molar-refractivity contribution is 6.34. The summed E-state index contributed by atoms with van der Waals surface area (Å²) in [6.45, 7) is 6.14. The molecule has 1 aromatic carbocycles. The van der Waals surface area contributed by atoms with Crippen LogP contribution in [0.25, 0.3) is 0 Å². The van der Waals surface area contributed by atoms with Gasteiger partial charge in [-0.15, -0.1) is 0 Å². The van der Waals surface area contributed by atoms with Crippen LogP contribution in [-0.4, -0.2) is 75.1 Å². The molecule has 0 radical (unpaired) electrons. The van der Waals surface area contributed by atoms with Crippen LogP contribution < -0.4 is 20.9 Å². The Hall–Kier alpha value is -1.83. The third-order valence-corrected chi connectivity index (χ3v) is 8.63. The lowest BCUT2D eigenvalue weighted by atomic mass is 9.67. The Kier molecular flexibility index (Phi) is 6.81. The van der Waals surface area contributed by atoms with Crippen LogP contribution in [0.5, 0.6) is 0 Å². The summed E-state index contributed by atoms with van der Waals surface area (Å²) in [4.78, 5) is 29.5. The number of piperazine rings is 1. The quantitative estimate of drug-likeness (QED) is 0.624. The number of halogens is 1. The van der Waals surface area contributed by atoms with E-state index in [0.717, 1.165) is 64.2 Å². The number of piperidine rings is 2. The lowest BCUT2D eigenvalue weighted by Crippen LogP contribution is -2.64. The lowest BCUT2D eigenvalue weighted by molar-refractivity contribution is -0.133. The van der Waals surface area contributed by atoms with Crippen LogP contribution in [-0.2, 0) is 4.79 Å². The number of rotatable bonds is 4. The van der Waals surface area contributed by atoms with Gasteiger partial charge in [0.15, 0.2) is 0 Å². The molecule has 5 unspecified atom stereocenters. The average Bonchev–Trinajstić information content (AvgIpc) is 2.84. The Balaban J connectivity index is 1.13. The van der Waals surface area contributed by atoms with Crippen LogP contribution in [0.1, 0.15) is 42.5 Å². The molecule has 3 aliphatic heterocycles. The van der Waals surface area contributed by atoms with Crippen molar-refractivity contribution in [3.8, 4) is 0 Å². The normalized spacial score (nSPS) is 32.5. The lowest BCUT2D eigenvalue weighted by Gasteiger charge is -2.50. The van der Waals surface area contributed by atoms with Gasteiger partial charge in [0.05, 0.1) is 16.5 Å². The number of carbonyl (C=O) groups excluding carboxylic acids is 2. The molecule has 4 aliphatic rings. The minimum absolute atomic E-state index is 0.157. The zero-order valence-corrected chi connectivity index (χ0v) is 20.2. The van der Waals surface area contributed by atoms with Crippen molar-refractivity contribution in [2.24, 2.45) is 17.8 Å². The maximum atomic E-state index is 12.7. The molecular formula is C25H36ClN5O2. The van der Waals surface area contributed by atoms with Crippen LogP contribution in [0.3, 0.4) is 0 Å². The summed E-state index contributed by atoms with van der Waals surface area (Å²) < 4.78 is 0. The Morgan fingerprint density at radius 1 is 1.18 bits per heavy atom. The smallest absolute Gasteiger partial charge is 0.252 e. The molecule has 1 aromatic rings. The summed E-state index contributed by atoms with van der Waals surface area (Å²) in [6, 6.07) is 6.44. The Labute approximate surface area is 201 Å². The van der Waals surface area contributed by atoms with Gasteiger partial charge < -0.3 is 20.9 Å². The highest BCUT2D eigenvalue weighted by Crippen LogP contribution is 2.39. The van der Waals surface area contributed by atoms with Crippen LogP contribution >= 0.6 is 11.6 Å². The molecule has 4 fully saturated rings. The van der Waals surface area contributed by atoms with Gasteiger partial charge in [0.1, 0.15) is 0 Å². The van der Waals surface area contributed by atoms with Crippen molar-refractivity contribution >= 4 is 29.1 Å². The van der Waals surface area contributed by atoms with Crippen molar-refractivity contribution in [3.63, 3.8) is 0 Å². The largest absolute Gasteiger partial charge is 0.369 e. The topological polar surface area (TPSA) is 76.7 Å². The molecule has 0 spiro atoms. The van der Waals surface area contributed by atoms with Gasteiger partial charge in [0.2, 0.25) is 5.91 Å². The third-order valence-electron chi connectivity index (χ3n) is 8.32. The second-order valence-electron chi connectivity index (χ2n) is 10.2. The van der Waals surface area contributed by atoms with Gasteiger partial charge in [0, 0.05) is 57.5 Å². The fraction of sp³-hybridized carbons (Fsp3) is 0.680. The van der Waals surface area contributed by atoms with Gasteiger partial charge in [-0.2, -0.15) is 0 Å². The first-order valence-electron chi connectivity index (χ1n) is 12.6. The molecule has 3 saturated heterocycles. The predicted octanol–water partition coefficient (Wildman–Crippen LogP) is 2.10. The number of hydrogen-bond acceptors (Lipinski definition) is 5. The van der Waals surface area contributed by atoms with Crippen LogP contribution in [0.15, 0.2) is 18.2 Å². The summed E-state index contributed by atoms with van der Waals surface area (Å²) in [5.74, 6) is 1.56. The molecule has 7 nitrogen and oxygen atoms in total. The summed E-state index contributed by atoms with van der Waals surface area (Å²) in [7, 11) is 1.62. The summed E-state index contributed by atoms with van der Waals surface area (Å²) in [5.41, 5.74) is 1.59. The highest BCUT2D eigenvalue weighted by Gasteiger charge is 2.47. The number of carbonyl (C=O) groups is 2. The zero-order valence-electron chi connectivity index (χ0n) is 19.5. The molecule has 3 heterocycles. The Morgan fingerprint density at radius 3 is 2.76 bits per heavy atom. The monoisotopic (exact) mass is 473 g/mol. The van der Waals surface area contributed by atoms with E-state index in [-0.39, 0.29) is 17.7 Å². The van der Waals surface area contributed by atoms with E-state index in [2.05, 4.69) is 25.8 Å². The van der Waals surface area contributed by atoms with Crippen molar-refractivity contribution in [1.29, 1.82) is 0 Å². The first-order chi connectivity index (χ1) is 16.0. The zero-order chi connectivity index (χ0) is 22.9. The van der Waals surface area contributed by atoms with E-state index in [1.165, 1.54) is 12.8 Å². The molecule has 1 aliphatic carbocycles. The Morgan fingerprint density at radius 2 is 2.00 bits per heavy atom. The van der Waals surface area contributed by atoms with Crippen LogP contribution in [0.4, 0.5) is 5.69 Å². The van der Waals surface area contributed by atoms with E-state index < -0.39 is 0 Å². The molecule has 3 N–H and O–H groups in total. The average molecular weight is 474 g/mol. The number of nitrogens with zero attached hydrogens (tertiary/aromatic N) is 2. The molecule has 180 valence electrons. The second-order valence-corrected chi connectivity index (χ2v) is 10.6. The molecule has 8 heteroatoms. The standard InChI is InChI=1S/C25H36ClN5O2/c1-27-24(32)18-7-5-17(14-21(18)26)31-11-9-30(10-12-31)15-16-4-6-19-22(13-16)29-25(33)20-3-2-8-28-23(19)20/h5,7,14,16,19-20,22-23,28H,2-4,6,8-13,15H2,1H3,(H,27,32)(H,29,33). The fourth-order valence-electron chi connectivity index (χ4n) is 6.56. The van der Waals surface area contributed by atoms with Gasteiger partial charge in [-0.25, -0.2) is 0 Å². The van der Waals surface area contributed by atoms with Gasteiger partial charge in [-0.1, -0.05) is 11.6 Å². The van der Waals surface area contributed by atoms with E-state index in [9.17, 15) is 9.59 Å². The van der Waals surface area contributed by atoms with Gasteiger partial charge in [0.25, 0.3) is 5.91 Å². The maximum absolute atomic E-state index is 12.7. The molecule has 2 amide bonds. The minimum atomic E-state index is -0.157. The van der Waals surface area contributed by atoms with Crippen molar-refractivity contribution in [2.45, 2.75) is 44.2 Å². The first-order valence-corrected chi connectivity index (χ1v) is 12.9. The minimum Gasteiger partial charge on any atom is -0.369 e. The second kappa shape index (κ2) is 9.80. The number of amides is 2. The SMILES string of the molecule is CNC(=O)c1ccc(N2CCN(CC3CCC4C(C3)NC(=O)C3CCCNC34)CC2)cc1Cl. The van der Waals surface area contributed by atoms with Crippen LogP contribution in [0.2, 0.25) is 5.02 Å². The molecule has 5 atom stereocenters. The molecular weight excluding hydrogens is 438 g/mol. The fourth-order valence-corrected chi connectivity index (χ4v) is 6.82. The van der Waals surface area contributed by atoms with E-state index in [4.69, 9.17) is 11.6 Å². The maximum Gasteiger partial charge on any atom is 0.252 e. The van der Waals surface area contributed by atoms with Gasteiger partial charge in [-0.05, 0) is 68.7 Å².